The summed E-state index contributed by atoms with van der Waals surface area (Å²) < 4.78 is 12.5. The number of amides is 4. The topological polar surface area (TPSA) is 106 Å². The Morgan fingerprint density at radius 1 is 1.17 bits per heavy atom. The first-order valence-electron chi connectivity index (χ1n) is 11.8. The highest BCUT2D eigenvalue weighted by Gasteiger charge is 2.53. The van der Waals surface area contributed by atoms with Gasteiger partial charge in [-0.2, -0.15) is 5.10 Å². The number of nitrogens with one attached hydrogen (secondary N) is 1. The molecule has 3 heterocycles. The first-order valence-corrected chi connectivity index (χ1v) is 11.8. The number of carbonyl (C=O) groups is 3. The van der Waals surface area contributed by atoms with Gasteiger partial charge in [0.15, 0.2) is 11.5 Å². The summed E-state index contributed by atoms with van der Waals surface area (Å²) >= 11 is 0. The number of imide groups is 1. The number of hydrogen-bond acceptors (Lipinski definition) is 6. The highest BCUT2D eigenvalue weighted by molar-refractivity contribution is 6.07. The third kappa shape index (κ3) is 4.56. The maximum Gasteiger partial charge on any atom is 0.325 e. The number of aryl methyl sites for hydroxylation is 2. The van der Waals surface area contributed by atoms with Gasteiger partial charge in [0.05, 0.1) is 26.5 Å². The van der Waals surface area contributed by atoms with E-state index in [0.717, 1.165) is 11.4 Å². The molecule has 0 radical (unpaired) electrons. The number of ether oxygens (including phenoxy) is 2. The molecule has 1 N–H and O–H groups in total. The summed E-state index contributed by atoms with van der Waals surface area (Å²) in [7, 11) is 3.07. The average Bonchev–Trinajstić information content (AvgIpc) is 3.28. The van der Waals surface area contributed by atoms with E-state index in [9.17, 15) is 14.4 Å². The number of rotatable bonds is 7. The summed E-state index contributed by atoms with van der Waals surface area (Å²) in [5.41, 5.74) is 1.50. The van der Waals surface area contributed by atoms with Gasteiger partial charge in [0.1, 0.15) is 12.1 Å². The Kier molecular flexibility index (Phi) is 6.73. The maximum absolute atomic E-state index is 13.5. The first kappa shape index (κ1) is 24.6. The van der Waals surface area contributed by atoms with Crippen LogP contribution in [0.15, 0.2) is 24.3 Å². The van der Waals surface area contributed by atoms with Crippen LogP contribution in [0.5, 0.6) is 11.5 Å². The van der Waals surface area contributed by atoms with Gasteiger partial charge in [0, 0.05) is 24.3 Å². The lowest BCUT2D eigenvalue weighted by Gasteiger charge is -2.39. The highest BCUT2D eigenvalue weighted by Crippen LogP contribution is 2.36. The summed E-state index contributed by atoms with van der Waals surface area (Å²) in [4.78, 5) is 42.2. The second kappa shape index (κ2) is 9.59. The second-order valence-electron chi connectivity index (χ2n) is 9.42. The molecule has 1 aromatic heterocycles. The molecular formula is C25H33N5O5. The van der Waals surface area contributed by atoms with Crippen LogP contribution in [0.2, 0.25) is 0 Å². The van der Waals surface area contributed by atoms with Crippen molar-refractivity contribution in [1.82, 2.24) is 24.9 Å². The SMILES string of the molecule is COc1cccc(CN2C(=O)NC(C)(C3CCN(C(=O)Cn4nc(C)cc4C)CC3)C2=O)c1OC. The lowest BCUT2D eigenvalue weighted by Crippen LogP contribution is -2.54. The van der Waals surface area contributed by atoms with Crippen molar-refractivity contribution in [3.8, 4) is 11.5 Å². The maximum atomic E-state index is 13.5. The number of para-hydroxylation sites is 1. The third-order valence-electron chi connectivity index (χ3n) is 7.17. The van der Waals surface area contributed by atoms with Crippen LogP contribution in [-0.4, -0.2) is 70.3 Å². The normalized spacial score (nSPS) is 20.8. The van der Waals surface area contributed by atoms with Crippen molar-refractivity contribution < 1.29 is 23.9 Å². The Morgan fingerprint density at radius 2 is 1.89 bits per heavy atom. The van der Waals surface area contributed by atoms with E-state index in [4.69, 9.17) is 9.47 Å². The van der Waals surface area contributed by atoms with E-state index in [2.05, 4.69) is 10.4 Å². The van der Waals surface area contributed by atoms with Crippen molar-refractivity contribution in [3.63, 3.8) is 0 Å². The average molecular weight is 484 g/mol. The Balaban J connectivity index is 1.41. The van der Waals surface area contributed by atoms with Crippen LogP contribution >= 0.6 is 0 Å². The van der Waals surface area contributed by atoms with E-state index >= 15 is 0 Å². The van der Waals surface area contributed by atoms with Crippen molar-refractivity contribution in [1.29, 1.82) is 0 Å². The minimum atomic E-state index is -1.02. The van der Waals surface area contributed by atoms with Gasteiger partial charge in [-0.3, -0.25) is 19.2 Å². The predicted octanol–water partition coefficient (Wildman–Crippen LogP) is 2.27. The number of methoxy groups -OCH3 is 2. The minimum Gasteiger partial charge on any atom is -0.493 e. The Bertz CT molecular complexity index is 1140. The van der Waals surface area contributed by atoms with E-state index in [1.807, 2.05) is 30.9 Å². The molecule has 188 valence electrons. The lowest BCUT2D eigenvalue weighted by molar-refractivity contribution is -0.136. The van der Waals surface area contributed by atoms with Gasteiger partial charge in [-0.25, -0.2) is 4.79 Å². The Labute approximate surface area is 205 Å². The molecule has 0 bridgehead atoms. The van der Waals surface area contributed by atoms with Gasteiger partial charge in [-0.1, -0.05) is 12.1 Å². The van der Waals surface area contributed by atoms with Crippen LogP contribution < -0.4 is 14.8 Å². The van der Waals surface area contributed by atoms with Crippen LogP contribution in [0, 0.1) is 19.8 Å². The zero-order valence-electron chi connectivity index (χ0n) is 21.0. The van der Waals surface area contributed by atoms with Crippen LogP contribution in [0.25, 0.3) is 0 Å². The number of carbonyl (C=O) groups excluding carboxylic acids is 3. The summed E-state index contributed by atoms with van der Waals surface area (Å²) in [6, 6.07) is 6.90. The zero-order valence-corrected chi connectivity index (χ0v) is 21.0. The molecule has 10 heteroatoms. The van der Waals surface area contributed by atoms with E-state index in [1.165, 1.54) is 12.0 Å². The van der Waals surface area contributed by atoms with E-state index in [-0.39, 0.29) is 30.8 Å². The minimum absolute atomic E-state index is 0.00772. The van der Waals surface area contributed by atoms with Crippen LogP contribution in [-0.2, 0) is 22.7 Å². The quantitative estimate of drug-likeness (QED) is 0.606. The standard InChI is InChI=1S/C25H33N5O5/c1-16-13-17(2)30(27-16)15-21(31)28-11-9-19(10-12-28)25(3)23(32)29(24(33)26-25)14-18-7-6-8-20(34-4)22(18)35-5/h6-8,13,19H,9-12,14-15H2,1-5H3,(H,26,33). The molecule has 4 amide bonds. The fourth-order valence-corrected chi connectivity index (χ4v) is 5.15. The summed E-state index contributed by atoms with van der Waals surface area (Å²) in [5, 5.41) is 7.30. The van der Waals surface area contributed by atoms with Crippen LogP contribution in [0.3, 0.4) is 0 Å². The van der Waals surface area contributed by atoms with E-state index in [0.29, 0.717) is 43.0 Å². The van der Waals surface area contributed by atoms with Crippen molar-refractivity contribution in [3.05, 3.63) is 41.2 Å². The van der Waals surface area contributed by atoms with Gasteiger partial charge in [0.2, 0.25) is 5.91 Å². The number of urea groups is 1. The fraction of sp³-hybridized carbons (Fsp3) is 0.520. The molecule has 35 heavy (non-hydrogen) atoms. The molecule has 1 unspecified atom stereocenters. The fourth-order valence-electron chi connectivity index (χ4n) is 5.15. The number of hydrogen-bond donors (Lipinski definition) is 1. The van der Waals surface area contributed by atoms with Gasteiger partial charge in [-0.05, 0) is 51.7 Å². The molecule has 1 aromatic carbocycles. The second-order valence-corrected chi connectivity index (χ2v) is 9.42. The van der Waals surface area contributed by atoms with Crippen molar-refractivity contribution in [2.45, 2.75) is 52.2 Å². The predicted molar refractivity (Wildman–Crippen MR) is 128 cm³/mol. The van der Waals surface area contributed by atoms with Gasteiger partial charge in [0.25, 0.3) is 5.91 Å². The van der Waals surface area contributed by atoms with Gasteiger partial charge < -0.3 is 19.7 Å². The molecule has 0 aliphatic carbocycles. The molecule has 2 fully saturated rings. The number of likely N-dealkylation sites (tertiary alicyclic amines) is 1. The molecular weight excluding hydrogens is 450 g/mol. The molecule has 0 saturated carbocycles. The van der Waals surface area contributed by atoms with Gasteiger partial charge in [-0.15, -0.1) is 0 Å². The molecule has 2 saturated heterocycles. The van der Waals surface area contributed by atoms with Gasteiger partial charge >= 0.3 is 6.03 Å². The summed E-state index contributed by atoms with van der Waals surface area (Å²) in [6.45, 7) is 6.97. The number of aromatic nitrogens is 2. The van der Waals surface area contributed by atoms with Crippen molar-refractivity contribution >= 4 is 17.8 Å². The monoisotopic (exact) mass is 483 g/mol. The largest absolute Gasteiger partial charge is 0.493 e. The summed E-state index contributed by atoms with van der Waals surface area (Å²) in [6.07, 6.45) is 1.25. The van der Waals surface area contributed by atoms with E-state index in [1.54, 1.807) is 30.8 Å². The first-order chi connectivity index (χ1) is 16.7. The van der Waals surface area contributed by atoms with Crippen molar-refractivity contribution in [2.75, 3.05) is 27.3 Å². The Hall–Kier alpha value is -3.56. The number of benzene rings is 1. The molecule has 4 rings (SSSR count). The summed E-state index contributed by atoms with van der Waals surface area (Å²) in [5.74, 6) is 0.706. The molecule has 2 aliphatic rings. The number of nitrogens with zero attached hydrogens (tertiary/aromatic N) is 4. The molecule has 0 spiro atoms. The molecule has 2 aliphatic heterocycles. The van der Waals surface area contributed by atoms with E-state index < -0.39 is 11.6 Å². The molecule has 10 nitrogen and oxygen atoms in total. The molecule has 2 aromatic rings. The highest BCUT2D eigenvalue weighted by atomic mass is 16.5. The third-order valence-corrected chi connectivity index (χ3v) is 7.17. The van der Waals surface area contributed by atoms with Crippen LogP contribution in [0.4, 0.5) is 4.79 Å². The molecule has 1 atom stereocenters. The number of piperidine rings is 1. The smallest absolute Gasteiger partial charge is 0.325 e. The lowest BCUT2D eigenvalue weighted by atomic mass is 9.79. The Morgan fingerprint density at radius 3 is 2.49 bits per heavy atom. The zero-order chi connectivity index (χ0) is 25.3. The van der Waals surface area contributed by atoms with Crippen LogP contribution in [0.1, 0.15) is 36.7 Å². The van der Waals surface area contributed by atoms with Crippen molar-refractivity contribution in [2.24, 2.45) is 5.92 Å².